The molecule has 0 unspecified atom stereocenters. The molecule has 2 aromatic carbocycles. The first-order chi connectivity index (χ1) is 13.2. The first kappa shape index (κ1) is 18.8. The van der Waals surface area contributed by atoms with Crippen LogP contribution in [0.5, 0.6) is 11.5 Å². The quantitative estimate of drug-likeness (QED) is 0.472. The molecule has 0 bridgehead atoms. The zero-order chi connectivity index (χ0) is 19.1. The standard InChI is InChI=1S/C20H22N4O2S/c1-3-19-22-23-20(27)24(19)21-14-16-9-10-17(18(13-16)25-2)26-12-11-15-7-5-4-6-8-15/h4-10,13-14H,3,11-12H2,1-2H3,(H,23,27). The maximum absolute atomic E-state index is 5.89. The van der Waals surface area contributed by atoms with Crippen molar-refractivity contribution in [2.45, 2.75) is 19.8 Å². The Labute approximate surface area is 163 Å². The van der Waals surface area contributed by atoms with Gasteiger partial charge in [0.15, 0.2) is 17.3 Å². The van der Waals surface area contributed by atoms with Gasteiger partial charge in [0, 0.05) is 12.8 Å². The van der Waals surface area contributed by atoms with Gasteiger partial charge in [0.05, 0.1) is 19.9 Å². The van der Waals surface area contributed by atoms with Crippen LogP contribution in [0.15, 0.2) is 53.6 Å². The molecule has 3 aromatic rings. The number of methoxy groups -OCH3 is 1. The molecule has 0 aliphatic heterocycles. The zero-order valence-corrected chi connectivity index (χ0v) is 16.2. The third-order valence-corrected chi connectivity index (χ3v) is 4.30. The van der Waals surface area contributed by atoms with E-state index in [2.05, 4.69) is 27.4 Å². The van der Waals surface area contributed by atoms with Crippen LogP contribution in [0.3, 0.4) is 0 Å². The second-order valence-corrected chi connectivity index (χ2v) is 6.24. The Morgan fingerprint density at radius 3 is 2.74 bits per heavy atom. The Balaban J connectivity index is 1.69. The van der Waals surface area contributed by atoms with E-state index >= 15 is 0 Å². The summed E-state index contributed by atoms with van der Waals surface area (Å²) >= 11 is 5.20. The van der Waals surface area contributed by atoms with Crippen molar-refractivity contribution in [1.29, 1.82) is 0 Å². The van der Waals surface area contributed by atoms with Crippen molar-refractivity contribution < 1.29 is 9.47 Å². The smallest absolute Gasteiger partial charge is 0.216 e. The number of hydrogen-bond donors (Lipinski definition) is 1. The lowest BCUT2D eigenvalue weighted by Crippen LogP contribution is -2.03. The zero-order valence-electron chi connectivity index (χ0n) is 15.4. The molecular weight excluding hydrogens is 360 g/mol. The fraction of sp³-hybridized carbons (Fsp3) is 0.250. The minimum atomic E-state index is 0.468. The lowest BCUT2D eigenvalue weighted by Gasteiger charge is -2.11. The van der Waals surface area contributed by atoms with Crippen molar-refractivity contribution in [1.82, 2.24) is 14.9 Å². The molecule has 0 saturated heterocycles. The fourth-order valence-corrected chi connectivity index (χ4v) is 2.80. The van der Waals surface area contributed by atoms with Crippen LogP contribution < -0.4 is 9.47 Å². The number of benzene rings is 2. The molecule has 7 heteroatoms. The highest BCUT2D eigenvalue weighted by atomic mass is 32.1. The molecular formula is C20H22N4O2S. The molecule has 0 aliphatic carbocycles. The molecule has 1 aromatic heterocycles. The lowest BCUT2D eigenvalue weighted by molar-refractivity contribution is 0.297. The Bertz CT molecular complexity index is 964. The van der Waals surface area contributed by atoms with Crippen LogP contribution in [0.1, 0.15) is 23.9 Å². The summed E-state index contributed by atoms with van der Waals surface area (Å²) in [6, 6.07) is 15.9. The largest absolute Gasteiger partial charge is 0.493 e. The van der Waals surface area contributed by atoms with Crippen LogP contribution in [-0.4, -0.2) is 34.8 Å². The third kappa shape index (κ3) is 4.83. The van der Waals surface area contributed by atoms with E-state index in [1.165, 1.54) is 5.56 Å². The molecule has 0 amide bonds. The Morgan fingerprint density at radius 2 is 2.00 bits per heavy atom. The Hall–Kier alpha value is -2.93. The first-order valence-corrected chi connectivity index (χ1v) is 9.17. The highest BCUT2D eigenvalue weighted by molar-refractivity contribution is 7.71. The highest BCUT2D eigenvalue weighted by Gasteiger charge is 2.06. The number of aromatic nitrogens is 3. The van der Waals surface area contributed by atoms with Gasteiger partial charge in [-0.2, -0.15) is 14.9 Å². The van der Waals surface area contributed by atoms with Gasteiger partial charge in [-0.15, -0.1) is 0 Å². The molecule has 6 nitrogen and oxygen atoms in total. The number of nitrogens with one attached hydrogen (secondary N) is 1. The van der Waals surface area contributed by atoms with Crippen molar-refractivity contribution >= 4 is 18.4 Å². The minimum absolute atomic E-state index is 0.468. The number of H-pyrrole nitrogens is 1. The maximum atomic E-state index is 5.89. The van der Waals surface area contributed by atoms with Crippen LogP contribution in [0.25, 0.3) is 0 Å². The highest BCUT2D eigenvalue weighted by Crippen LogP contribution is 2.27. The van der Waals surface area contributed by atoms with E-state index < -0.39 is 0 Å². The topological polar surface area (TPSA) is 64.4 Å². The van der Waals surface area contributed by atoms with Crippen LogP contribution in [0, 0.1) is 4.77 Å². The van der Waals surface area contributed by atoms with Gasteiger partial charge in [0.2, 0.25) is 4.77 Å². The molecule has 3 rings (SSSR count). The summed E-state index contributed by atoms with van der Waals surface area (Å²) in [6.07, 6.45) is 3.30. The van der Waals surface area contributed by atoms with Crippen LogP contribution >= 0.6 is 12.2 Å². The van der Waals surface area contributed by atoms with E-state index in [1.807, 2.05) is 43.3 Å². The number of aromatic amines is 1. The van der Waals surface area contributed by atoms with Gasteiger partial charge >= 0.3 is 0 Å². The summed E-state index contributed by atoms with van der Waals surface area (Å²) < 4.78 is 13.4. The van der Waals surface area contributed by atoms with Gasteiger partial charge in [0.25, 0.3) is 0 Å². The van der Waals surface area contributed by atoms with Gasteiger partial charge < -0.3 is 9.47 Å². The molecule has 27 heavy (non-hydrogen) atoms. The Morgan fingerprint density at radius 1 is 1.19 bits per heavy atom. The normalized spacial score (nSPS) is 11.0. The Kier molecular flexibility index (Phi) is 6.38. The average molecular weight is 382 g/mol. The van der Waals surface area contributed by atoms with E-state index in [4.69, 9.17) is 21.7 Å². The molecule has 0 spiro atoms. The predicted octanol–water partition coefficient (Wildman–Crippen LogP) is 4.02. The van der Waals surface area contributed by atoms with E-state index in [-0.39, 0.29) is 0 Å². The summed E-state index contributed by atoms with van der Waals surface area (Å²) in [7, 11) is 1.63. The minimum Gasteiger partial charge on any atom is -0.493 e. The summed E-state index contributed by atoms with van der Waals surface area (Å²) in [5, 5.41) is 11.3. The van der Waals surface area contributed by atoms with Gasteiger partial charge in [-0.3, -0.25) is 5.10 Å². The van der Waals surface area contributed by atoms with Crippen LogP contribution in [0.2, 0.25) is 0 Å². The van der Waals surface area contributed by atoms with E-state index in [1.54, 1.807) is 18.0 Å². The molecule has 0 saturated carbocycles. The maximum Gasteiger partial charge on any atom is 0.216 e. The van der Waals surface area contributed by atoms with Crippen LogP contribution in [-0.2, 0) is 12.8 Å². The van der Waals surface area contributed by atoms with Gasteiger partial charge in [0.1, 0.15) is 0 Å². The van der Waals surface area contributed by atoms with E-state index in [0.717, 1.165) is 24.2 Å². The predicted molar refractivity (Wildman–Crippen MR) is 108 cm³/mol. The van der Waals surface area contributed by atoms with Crippen LogP contribution in [0.4, 0.5) is 0 Å². The number of nitrogens with zero attached hydrogens (tertiary/aromatic N) is 3. The van der Waals surface area contributed by atoms with Gasteiger partial charge in [-0.1, -0.05) is 37.3 Å². The second kappa shape index (κ2) is 9.14. The number of aryl methyl sites for hydroxylation is 1. The first-order valence-electron chi connectivity index (χ1n) is 8.76. The van der Waals surface area contributed by atoms with E-state index in [0.29, 0.717) is 22.9 Å². The van der Waals surface area contributed by atoms with Crippen molar-refractivity contribution in [2.75, 3.05) is 13.7 Å². The molecule has 0 aliphatic rings. The molecule has 1 heterocycles. The summed E-state index contributed by atoms with van der Waals surface area (Å²) in [5.74, 6) is 2.15. The van der Waals surface area contributed by atoms with Crippen molar-refractivity contribution in [3.63, 3.8) is 0 Å². The SMILES string of the molecule is CCc1n[nH]c(=S)n1N=Cc1ccc(OCCc2ccccc2)c(OC)c1. The number of rotatable bonds is 8. The van der Waals surface area contributed by atoms with Crippen molar-refractivity contribution in [2.24, 2.45) is 5.10 Å². The summed E-state index contributed by atoms with van der Waals surface area (Å²) in [5.41, 5.74) is 2.12. The average Bonchev–Trinajstić information content (AvgIpc) is 3.07. The van der Waals surface area contributed by atoms with Gasteiger partial charge in [-0.25, -0.2) is 0 Å². The molecule has 0 radical (unpaired) electrons. The van der Waals surface area contributed by atoms with Crippen molar-refractivity contribution in [3.05, 3.63) is 70.3 Å². The second-order valence-electron chi connectivity index (χ2n) is 5.85. The lowest BCUT2D eigenvalue weighted by atomic mass is 10.2. The third-order valence-electron chi connectivity index (χ3n) is 4.03. The summed E-state index contributed by atoms with van der Waals surface area (Å²) in [6.45, 7) is 2.58. The van der Waals surface area contributed by atoms with Crippen molar-refractivity contribution in [3.8, 4) is 11.5 Å². The monoisotopic (exact) mass is 382 g/mol. The number of hydrogen-bond acceptors (Lipinski definition) is 5. The molecule has 0 atom stereocenters. The fourth-order valence-electron chi connectivity index (χ4n) is 2.60. The molecule has 1 N–H and O–H groups in total. The molecule has 140 valence electrons. The summed E-state index contributed by atoms with van der Waals surface area (Å²) in [4.78, 5) is 0. The molecule has 0 fully saturated rings. The van der Waals surface area contributed by atoms with Gasteiger partial charge in [-0.05, 0) is 41.5 Å². The van der Waals surface area contributed by atoms with E-state index in [9.17, 15) is 0 Å². The number of ether oxygens (including phenoxy) is 2.